The SMILES string of the molecule is Nc1cc(O)c(C(F)(F)F)cc1O. The lowest BCUT2D eigenvalue weighted by Gasteiger charge is -2.10. The van der Waals surface area contributed by atoms with Gasteiger partial charge < -0.3 is 15.9 Å². The lowest BCUT2D eigenvalue weighted by molar-refractivity contribution is -0.138. The summed E-state index contributed by atoms with van der Waals surface area (Å²) in [7, 11) is 0. The van der Waals surface area contributed by atoms with Crippen molar-refractivity contribution in [3.8, 4) is 11.5 Å². The van der Waals surface area contributed by atoms with Gasteiger partial charge in [-0.15, -0.1) is 0 Å². The van der Waals surface area contributed by atoms with Gasteiger partial charge in [0.1, 0.15) is 17.1 Å². The quantitative estimate of drug-likeness (QED) is 0.333. The molecule has 1 aromatic carbocycles. The number of aromatic hydroxyl groups is 2. The Labute approximate surface area is 71.2 Å². The number of hydrogen-bond donors (Lipinski definition) is 3. The van der Waals surface area contributed by atoms with Crippen molar-refractivity contribution in [2.45, 2.75) is 6.18 Å². The molecule has 0 saturated carbocycles. The molecule has 1 aromatic rings. The molecule has 0 heterocycles. The number of anilines is 1. The molecule has 0 saturated heterocycles. The fraction of sp³-hybridized carbons (Fsp3) is 0.143. The van der Waals surface area contributed by atoms with Crippen LogP contribution in [0.2, 0.25) is 0 Å². The number of rotatable bonds is 0. The maximum absolute atomic E-state index is 12.0. The van der Waals surface area contributed by atoms with Gasteiger partial charge in [0.05, 0.1) is 5.69 Å². The molecule has 13 heavy (non-hydrogen) atoms. The zero-order valence-electron chi connectivity index (χ0n) is 6.26. The maximum atomic E-state index is 12.0. The zero-order valence-corrected chi connectivity index (χ0v) is 6.26. The van der Waals surface area contributed by atoms with Crippen molar-refractivity contribution >= 4 is 5.69 Å². The van der Waals surface area contributed by atoms with Gasteiger partial charge in [0.2, 0.25) is 0 Å². The summed E-state index contributed by atoms with van der Waals surface area (Å²) in [5.41, 5.74) is 3.45. The average Bonchev–Trinajstić information content (AvgIpc) is 1.94. The second-order valence-corrected chi connectivity index (χ2v) is 2.43. The molecule has 0 aliphatic carbocycles. The van der Waals surface area contributed by atoms with Gasteiger partial charge in [-0.2, -0.15) is 13.2 Å². The minimum absolute atomic E-state index is 0.300. The Morgan fingerprint density at radius 2 is 1.62 bits per heavy atom. The third kappa shape index (κ3) is 1.77. The fourth-order valence-electron chi connectivity index (χ4n) is 0.820. The van der Waals surface area contributed by atoms with E-state index in [1.54, 1.807) is 0 Å². The number of halogens is 3. The first-order chi connectivity index (χ1) is 5.82. The van der Waals surface area contributed by atoms with Gasteiger partial charge in [0.25, 0.3) is 0 Å². The molecule has 0 amide bonds. The van der Waals surface area contributed by atoms with Crippen molar-refractivity contribution in [3.05, 3.63) is 17.7 Å². The van der Waals surface area contributed by atoms with Crippen LogP contribution in [0.3, 0.4) is 0 Å². The molecule has 72 valence electrons. The molecule has 0 unspecified atom stereocenters. The van der Waals surface area contributed by atoms with Gasteiger partial charge in [-0.05, 0) is 6.07 Å². The third-order valence-electron chi connectivity index (χ3n) is 1.45. The molecule has 4 N–H and O–H groups in total. The van der Waals surface area contributed by atoms with Crippen LogP contribution >= 0.6 is 0 Å². The number of phenols is 2. The van der Waals surface area contributed by atoms with Gasteiger partial charge in [0.15, 0.2) is 0 Å². The monoisotopic (exact) mass is 193 g/mol. The number of phenolic OH excluding ortho intramolecular Hbond substituents is 2. The second-order valence-electron chi connectivity index (χ2n) is 2.43. The summed E-state index contributed by atoms with van der Waals surface area (Å²) in [6, 6.07) is 1.03. The highest BCUT2D eigenvalue weighted by Gasteiger charge is 2.34. The minimum Gasteiger partial charge on any atom is -0.507 e. The highest BCUT2D eigenvalue weighted by molar-refractivity contribution is 5.58. The Hall–Kier alpha value is -1.59. The molecule has 0 atom stereocenters. The summed E-state index contributed by atoms with van der Waals surface area (Å²) in [5, 5.41) is 17.7. The van der Waals surface area contributed by atoms with E-state index in [0.717, 1.165) is 0 Å². The predicted octanol–water partition coefficient (Wildman–Crippen LogP) is 1.70. The summed E-state index contributed by atoms with van der Waals surface area (Å²) in [6.45, 7) is 0. The van der Waals surface area contributed by atoms with E-state index in [1.165, 1.54) is 0 Å². The van der Waals surface area contributed by atoms with E-state index in [-0.39, 0.29) is 5.69 Å². The Kier molecular flexibility index (Phi) is 1.99. The molecule has 0 aliphatic heterocycles. The van der Waals surface area contributed by atoms with Crippen LogP contribution in [0, 0.1) is 0 Å². The molecular formula is C7H6F3NO2. The normalized spacial score (nSPS) is 11.6. The standard InChI is InChI=1S/C7H6F3NO2/c8-7(9,10)3-1-6(13)4(11)2-5(3)12/h1-2,12-13H,11H2. The molecular weight excluding hydrogens is 187 g/mol. The Morgan fingerprint density at radius 3 is 2.08 bits per heavy atom. The van der Waals surface area contributed by atoms with Crippen LogP contribution in [0.4, 0.5) is 18.9 Å². The smallest absolute Gasteiger partial charge is 0.420 e. The summed E-state index contributed by atoms with van der Waals surface area (Å²) < 4.78 is 36.1. The largest absolute Gasteiger partial charge is 0.507 e. The summed E-state index contributed by atoms with van der Waals surface area (Å²) in [6.07, 6.45) is -4.70. The van der Waals surface area contributed by atoms with Crippen LogP contribution in [0.5, 0.6) is 11.5 Å². The van der Waals surface area contributed by atoms with Crippen LogP contribution in [-0.4, -0.2) is 10.2 Å². The Balaban J connectivity index is 3.32. The van der Waals surface area contributed by atoms with Crippen molar-refractivity contribution < 1.29 is 23.4 Å². The summed E-state index contributed by atoms with van der Waals surface area (Å²) in [4.78, 5) is 0. The van der Waals surface area contributed by atoms with E-state index >= 15 is 0 Å². The summed E-state index contributed by atoms with van der Waals surface area (Å²) in [5.74, 6) is -1.70. The maximum Gasteiger partial charge on any atom is 0.420 e. The van der Waals surface area contributed by atoms with Crippen LogP contribution in [-0.2, 0) is 6.18 Å². The lowest BCUT2D eigenvalue weighted by Crippen LogP contribution is -2.05. The molecule has 0 radical (unpaired) electrons. The average molecular weight is 193 g/mol. The van der Waals surface area contributed by atoms with Crippen LogP contribution in [0.15, 0.2) is 12.1 Å². The van der Waals surface area contributed by atoms with Crippen molar-refractivity contribution in [2.24, 2.45) is 0 Å². The lowest BCUT2D eigenvalue weighted by atomic mass is 10.1. The molecule has 0 aliphatic rings. The summed E-state index contributed by atoms with van der Waals surface area (Å²) >= 11 is 0. The highest BCUT2D eigenvalue weighted by atomic mass is 19.4. The predicted molar refractivity (Wildman–Crippen MR) is 39.2 cm³/mol. The topological polar surface area (TPSA) is 66.5 Å². The van der Waals surface area contributed by atoms with Crippen molar-refractivity contribution in [1.82, 2.24) is 0 Å². The number of benzene rings is 1. The van der Waals surface area contributed by atoms with Crippen molar-refractivity contribution in [1.29, 1.82) is 0 Å². The van der Waals surface area contributed by atoms with E-state index in [9.17, 15) is 13.2 Å². The molecule has 0 spiro atoms. The van der Waals surface area contributed by atoms with E-state index < -0.39 is 23.2 Å². The first-order valence-electron chi connectivity index (χ1n) is 3.21. The second kappa shape index (κ2) is 2.72. The van der Waals surface area contributed by atoms with Gasteiger partial charge in [-0.25, -0.2) is 0 Å². The zero-order chi connectivity index (χ0) is 10.2. The first kappa shape index (κ1) is 9.50. The fourth-order valence-corrected chi connectivity index (χ4v) is 0.820. The number of alkyl halides is 3. The number of nitrogen functional groups attached to an aromatic ring is 1. The van der Waals surface area contributed by atoms with Crippen LogP contribution in [0.25, 0.3) is 0 Å². The van der Waals surface area contributed by atoms with Gasteiger partial charge in [0, 0.05) is 6.07 Å². The molecule has 0 aromatic heterocycles. The van der Waals surface area contributed by atoms with E-state index in [4.69, 9.17) is 15.9 Å². The minimum atomic E-state index is -4.70. The first-order valence-corrected chi connectivity index (χ1v) is 3.21. The molecule has 0 bridgehead atoms. The van der Waals surface area contributed by atoms with Crippen LogP contribution in [0.1, 0.15) is 5.56 Å². The molecule has 0 fully saturated rings. The van der Waals surface area contributed by atoms with E-state index in [1.807, 2.05) is 0 Å². The van der Waals surface area contributed by atoms with E-state index in [0.29, 0.717) is 12.1 Å². The van der Waals surface area contributed by atoms with Gasteiger partial charge in [-0.1, -0.05) is 0 Å². The number of nitrogens with two attached hydrogens (primary N) is 1. The Bertz CT molecular complexity index is 335. The van der Waals surface area contributed by atoms with Crippen LogP contribution < -0.4 is 5.73 Å². The highest BCUT2D eigenvalue weighted by Crippen LogP contribution is 2.39. The van der Waals surface area contributed by atoms with Crippen molar-refractivity contribution in [3.63, 3.8) is 0 Å². The van der Waals surface area contributed by atoms with Crippen molar-refractivity contribution in [2.75, 3.05) is 5.73 Å². The molecule has 1 rings (SSSR count). The third-order valence-corrected chi connectivity index (χ3v) is 1.45. The number of hydrogen-bond acceptors (Lipinski definition) is 3. The van der Waals surface area contributed by atoms with E-state index in [2.05, 4.69) is 0 Å². The van der Waals surface area contributed by atoms with Gasteiger partial charge in [-0.3, -0.25) is 0 Å². The Morgan fingerprint density at radius 1 is 1.08 bits per heavy atom. The molecule has 6 heteroatoms. The molecule has 3 nitrogen and oxygen atoms in total. The van der Waals surface area contributed by atoms with Gasteiger partial charge >= 0.3 is 6.18 Å².